The lowest BCUT2D eigenvalue weighted by Crippen LogP contribution is -2.67. The Morgan fingerprint density at radius 1 is 0.589 bits per heavy atom. The van der Waals surface area contributed by atoms with Crippen LogP contribution in [0.3, 0.4) is 0 Å². The Morgan fingerprint density at radius 2 is 1.08 bits per heavy atom. The maximum Gasteiger partial charge on any atom is 0.397 e. The molecule has 32 heteroatoms. The molecule has 6 heterocycles. The Kier molecular flexibility index (Phi) is 23.6. The highest BCUT2D eigenvalue weighted by molar-refractivity contribution is 7.80. The van der Waals surface area contributed by atoms with Crippen LogP contribution in [0, 0.1) is 40.4 Å². The molecule has 0 radical (unpaired) electrons. The first-order valence-electron chi connectivity index (χ1n) is 33.4. The Labute approximate surface area is 552 Å². The van der Waals surface area contributed by atoms with E-state index in [9.17, 15) is 89.6 Å². The normalized spacial score (nSPS) is 52.0. The molecule has 6 saturated heterocycles. The first kappa shape index (κ1) is 75.9. The van der Waals surface area contributed by atoms with Crippen molar-refractivity contribution in [2.45, 2.75) is 316 Å². The number of allylic oxidation sites excluding steroid dienone is 3. The second kappa shape index (κ2) is 29.6. The van der Waals surface area contributed by atoms with E-state index in [0.717, 1.165) is 18.4 Å². The van der Waals surface area contributed by atoms with Crippen LogP contribution in [0.1, 0.15) is 120 Å². The van der Waals surface area contributed by atoms with Gasteiger partial charge in [-0.1, -0.05) is 51.5 Å². The molecule has 548 valence electrons. The van der Waals surface area contributed by atoms with E-state index < -0.39 is 231 Å². The fourth-order valence-corrected chi connectivity index (χ4v) is 17.5. The largest absolute Gasteiger partial charge is 0.397 e. The van der Waals surface area contributed by atoms with Gasteiger partial charge in [-0.2, -0.15) is 8.42 Å². The lowest BCUT2D eigenvalue weighted by atomic mass is 9.47. The molecule has 9 fully saturated rings. The SMILES string of the molecule is C=C(CC[C@](C)(O)[C@H]1CC[C@H]2C3C[C@H](OC4OC(C)C(O)C(OC5OCC(OC6OC(C)C(O)C(O)C6OC6OC(C)C(O)C(OC7OC(CO)C(O)C(O)C7O)C6O)C(O)C5OC5OC(C)C(O)C(O)C5O)C4O)[C@H]4C[C@@H](OS(=O)(=O)O)CC[C@]4(C)C3=CC[C@@]21C)C(C)C. The standard InChI is InChI=1S/C63H104O31S/c1-23(2)24(3)13-18-63(10,78)37-12-11-31-30-20-34(33-19-29(94-95(79,80)81)14-16-61(33,8)32(30)15-17-62(31,37)9)87-57-49(76)52(41(68)27(6)84-57)91-59-53(92-55-47(74)44(71)38(65)25(4)83-55)43(70)36(22-82-59)89-60-54(46(73)39(66)26(5)86-60)93-58-50(77)51(40(67)28(7)85-58)90-56-48(75)45(72)42(69)35(21-64)88-56/h15,23,25-31,33-60,64-78H,3,11-14,16-22H2,1-2,4-10H3,(H,79,80,81)/t25?,26?,27?,28?,29-,30?,31-,33+,34-,35?,36?,37-,38?,39?,40?,41?,42?,43?,44?,45?,46?,47?,48?,49?,50?,51?,52?,53?,54?,55?,56?,57?,58?,59?,60?,61+,62-,63-/m0/s1. The van der Waals surface area contributed by atoms with Crippen molar-refractivity contribution in [3.8, 4) is 0 Å². The zero-order valence-corrected chi connectivity index (χ0v) is 55.9. The molecule has 0 aromatic heterocycles. The Hall–Kier alpha value is -1.73. The van der Waals surface area contributed by atoms with Crippen LogP contribution in [-0.2, 0) is 71.4 Å². The van der Waals surface area contributed by atoms with Gasteiger partial charge in [0, 0.05) is 0 Å². The highest BCUT2D eigenvalue weighted by atomic mass is 32.3. The predicted octanol–water partition coefficient (Wildman–Crippen LogP) is -2.84. The highest BCUT2D eigenvalue weighted by Crippen LogP contribution is 2.68. The maximum absolute atomic E-state index is 12.5. The van der Waals surface area contributed by atoms with E-state index in [-0.39, 0.29) is 41.9 Å². The van der Waals surface area contributed by atoms with Gasteiger partial charge in [0.25, 0.3) is 0 Å². The van der Waals surface area contributed by atoms with Crippen molar-refractivity contribution in [2.75, 3.05) is 13.2 Å². The molecule has 10 aliphatic rings. The molecule has 30 unspecified atom stereocenters. The molecular weight excluding hydrogens is 1280 g/mol. The fourth-order valence-electron chi connectivity index (χ4n) is 17.0. The third kappa shape index (κ3) is 15.1. The minimum Gasteiger partial charge on any atom is -0.394 e. The van der Waals surface area contributed by atoms with Crippen LogP contribution in [0.5, 0.6) is 0 Å². The molecule has 10 rings (SSSR count). The molecule has 4 aliphatic carbocycles. The zero-order valence-electron chi connectivity index (χ0n) is 55.0. The summed E-state index contributed by atoms with van der Waals surface area (Å²) in [5.74, 6) is -0.336. The third-order valence-corrected chi connectivity index (χ3v) is 23.5. The second-order valence-electron chi connectivity index (χ2n) is 29.5. The van der Waals surface area contributed by atoms with Gasteiger partial charge in [0.15, 0.2) is 37.7 Å². The van der Waals surface area contributed by atoms with Crippen LogP contribution in [0.25, 0.3) is 0 Å². The van der Waals surface area contributed by atoms with Gasteiger partial charge in [-0.25, -0.2) is 4.18 Å². The molecule has 0 spiro atoms. The van der Waals surface area contributed by atoms with Crippen LogP contribution >= 0.6 is 0 Å². The summed E-state index contributed by atoms with van der Waals surface area (Å²) in [4.78, 5) is 0. The van der Waals surface area contributed by atoms with Gasteiger partial charge in [-0.05, 0) is 133 Å². The molecule has 6 aliphatic heterocycles. The van der Waals surface area contributed by atoms with E-state index in [1.54, 1.807) is 0 Å². The van der Waals surface area contributed by atoms with E-state index in [2.05, 4.69) is 40.3 Å². The number of aliphatic hydroxyl groups is 15. The van der Waals surface area contributed by atoms with E-state index in [4.69, 9.17) is 61.0 Å². The van der Waals surface area contributed by atoms with Crippen LogP contribution in [0.15, 0.2) is 23.8 Å². The minimum absolute atomic E-state index is 0.0695. The molecule has 31 nitrogen and oxygen atoms in total. The summed E-state index contributed by atoms with van der Waals surface area (Å²) in [5.41, 5.74) is 0.258. The first-order chi connectivity index (χ1) is 44.4. The van der Waals surface area contributed by atoms with Crippen molar-refractivity contribution in [2.24, 2.45) is 40.4 Å². The Balaban J connectivity index is 0.896. The zero-order chi connectivity index (χ0) is 69.6. The molecule has 38 atom stereocenters. The van der Waals surface area contributed by atoms with Crippen molar-refractivity contribution >= 4 is 10.4 Å². The number of rotatable bonds is 20. The molecule has 0 aromatic carbocycles. The lowest BCUT2D eigenvalue weighted by Gasteiger charge is -2.60. The van der Waals surface area contributed by atoms with E-state index in [1.807, 2.05) is 6.92 Å². The predicted molar refractivity (Wildman–Crippen MR) is 321 cm³/mol. The van der Waals surface area contributed by atoms with Gasteiger partial charge in [-0.15, -0.1) is 0 Å². The summed E-state index contributed by atoms with van der Waals surface area (Å²) in [6.07, 6.45) is -44.8. The maximum atomic E-state index is 12.5. The number of hydrogen-bond donors (Lipinski definition) is 16. The molecule has 0 bridgehead atoms. The van der Waals surface area contributed by atoms with E-state index >= 15 is 0 Å². The van der Waals surface area contributed by atoms with E-state index in [1.165, 1.54) is 33.3 Å². The fraction of sp³-hybridized carbons (Fsp3) is 0.937. The van der Waals surface area contributed by atoms with Gasteiger partial charge in [0.1, 0.15) is 116 Å². The number of hydrogen-bond acceptors (Lipinski definition) is 30. The Bertz CT molecular complexity index is 2730. The molecule has 95 heavy (non-hydrogen) atoms. The summed E-state index contributed by atoms with van der Waals surface area (Å²) in [5, 5.41) is 169. The van der Waals surface area contributed by atoms with Gasteiger partial charge >= 0.3 is 10.4 Å². The van der Waals surface area contributed by atoms with Crippen LogP contribution in [0.2, 0.25) is 0 Å². The van der Waals surface area contributed by atoms with Gasteiger partial charge < -0.3 is 133 Å². The average molecular weight is 1390 g/mol. The summed E-state index contributed by atoms with van der Waals surface area (Å²) in [6.45, 7) is 18.8. The number of ether oxygens (including phenoxy) is 12. The quantitative estimate of drug-likeness (QED) is 0.0431. The van der Waals surface area contributed by atoms with Crippen molar-refractivity contribution in [3.63, 3.8) is 0 Å². The minimum atomic E-state index is -4.89. The first-order valence-corrected chi connectivity index (χ1v) is 34.8. The van der Waals surface area contributed by atoms with Crippen LogP contribution in [0.4, 0.5) is 0 Å². The number of aliphatic hydroxyl groups excluding tert-OH is 14. The molecule has 0 amide bonds. The molecule has 16 N–H and O–H groups in total. The topological polar surface area (TPSA) is 478 Å². The molecule has 3 saturated carbocycles. The smallest absolute Gasteiger partial charge is 0.394 e. The summed E-state index contributed by atoms with van der Waals surface area (Å²) < 4.78 is 113. The van der Waals surface area contributed by atoms with Crippen molar-refractivity contribution in [1.82, 2.24) is 0 Å². The van der Waals surface area contributed by atoms with Gasteiger partial charge in [-0.3, -0.25) is 4.55 Å². The van der Waals surface area contributed by atoms with Crippen LogP contribution < -0.4 is 0 Å². The Morgan fingerprint density at radius 3 is 1.66 bits per heavy atom. The molecule has 0 aromatic rings. The van der Waals surface area contributed by atoms with Crippen LogP contribution in [-0.4, -0.2) is 299 Å². The van der Waals surface area contributed by atoms with Gasteiger partial charge in [0.2, 0.25) is 0 Å². The molecular formula is C63H104O31S. The summed E-state index contributed by atoms with van der Waals surface area (Å²) in [6, 6.07) is 0. The monoisotopic (exact) mass is 1390 g/mol. The second-order valence-corrected chi connectivity index (χ2v) is 30.5. The summed E-state index contributed by atoms with van der Waals surface area (Å²) in [7, 11) is -4.89. The number of fused-ring (bicyclic) bond motifs is 5. The highest BCUT2D eigenvalue weighted by Gasteiger charge is 2.64. The third-order valence-electron chi connectivity index (χ3n) is 22.9. The van der Waals surface area contributed by atoms with Crippen molar-refractivity contribution in [1.29, 1.82) is 0 Å². The van der Waals surface area contributed by atoms with E-state index in [0.29, 0.717) is 32.1 Å². The van der Waals surface area contributed by atoms with Gasteiger partial charge in [0.05, 0.1) is 55.4 Å². The average Bonchev–Trinajstić information content (AvgIpc) is 1.68. The van der Waals surface area contributed by atoms with Crippen molar-refractivity contribution < 1.29 is 151 Å². The summed E-state index contributed by atoms with van der Waals surface area (Å²) >= 11 is 0. The lowest BCUT2D eigenvalue weighted by molar-refractivity contribution is -0.401. The van der Waals surface area contributed by atoms with Crippen molar-refractivity contribution in [3.05, 3.63) is 23.8 Å².